The molecule has 0 aromatic rings. The van der Waals surface area contributed by atoms with Gasteiger partial charge in [0.1, 0.15) is 6.29 Å². The maximum absolute atomic E-state index is 10.8. The molecule has 0 spiro atoms. The van der Waals surface area contributed by atoms with E-state index in [1.54, 1.807) is 6.92 Å². The maximum Gasteiger partial charge on any atom is 0.347 e. The first kappa shape index (κ1) is 10.6. The average molecular weight is 181 g/mol. The molecule has 0 aliphatic heterocycles. The van der Waals surface area contributed by atoms with Gasteiger partial charge in [-0.25, -0.2) is 0 Å². The van der Waals surface area contributed by atoms with Crippen LogP contribution in [0.15, 0.2) is 0 Å². The van der Waals surface area contributed by atoms with Crippen LogP contribution < -0.4 is 5.32 Å². The van der Waals surface area contributed by atoms with Gasteiger partial charge in [0.15, 0.2) is 0 Å². The van der Waals surface area contributed by atoms with E-state index in [1.165, 1.54) is 6.92 Å². The summed E-state index contributed by atoms with van der Waals surface area (Å²) in [5.74, 6) is -0.348. The van der Waals surface area contributed by atoms with Crippen LogP contribution in [0.4, 0.5) is 0 Å². The molecule has 0 aromatic heterocycles. The van der Waals surface area contributed by atoms with Gasteiger partial charge in [0, 0.05) is 6.92 Å². The molecule has 0 radical (unpaired) electrons. The Labute approximate surface area is 65.3 Å². The zero-order chi connectivity index (χ0) is 8.91. The number of amides is 1. The van der Waals surface area contributed by atoms with Crippen molar-refractivity contribution in [2.24, 2.45) is 0 Å². The fourth-order valence-corrected chi connectivity index (χ4v) is 1.38. The summed E-state index contributed by atoms with van der Waals surface area (Å²) >= 11 is 0. The molecule has 0 aliphatic rings. The molecule has 0 saturated carbocycles. The van der Waals surface area contributed by atoms with Crippen LogP contribution in [-0.2, 0) is 13.9 Å². The summed E-state index contributed by atoms with van der Waals surface area (Å²) in [4.78, 5) is 19.2. The number of nitrogens with one attached hydrogen (secondary N) is 1. The van der Waals surface area contributed by atoms with Gasteiger partial charge in [-0.1, -0.05) is 0 Å². The van der Waals surface area contributed by atoms with Gasteiger partial charge in [0.2, 0.25) is 5.91 Å². The molecule has 0 heterocycles. The third-order valence-corrected chi connectivity index (χ3v) is 2.08. The van der Waals surface area contributed by atoms with Crippen LogP contribution in [0.3, 0.4) is 0 Å². The molecular weight excluding hydrogens is 169 g/mol. The van der Waals surface area contributed by atoms with Crippen molar-refractivity contribution in [2.75, 3.05) is 12.9 Å². The highest BCUT2D eigenvalue weighted by Crippen LogP contribution is 2.39. The van der Waals surface area contributed by atoms with E-state index in [1.807, 2.05) is 0 Å². The summed E-state index contributed by atoms with van der Waals surface area (Å²) < 4.78 is 15.3. The molecule has 0 saturated heterocycles. The lowest BCUT2D eigenvalue weighted by Gasteiger charge is -2.09. The highest BCUT2D eigenvalue weighted by Gasteiger charge is 2.17. The zero-order valence-corrected chi connectivity index (χ0v) is 7.43. The normalized spacial score (nSPS) is 15.5. The third-order valence-electron chi connectivity index (χ3n) is 0.859. The van der Waals surface area contributed by atoms with Crippen LogP contribution in [0.1, 0.15) is 13.8 Å². The second kappa shape index (κ2) is 4.49. The molecule has 1 unspecified atom stereocenters. The molecule has 0 aromatic carbocycles. The minimum absolute atomic E-state index is 0.160. The van der Waals surface area contributed by atoms with Gasteiger partial charge in [-0.2, -0.15) is 0 Å². The van der Waals surface area contributed by atoms with Gasteiger partial charge in [-0.15, -0.1) is 0 Å². The van der Waals surface area contributed by atoms with E-state index in [-0.39, 0.29) is 18.8 Å². The molecule has 11 heavy (non-hydrogen) atoms. The van der Waals surface area contributed by atoms with Crippen LogP contribution in [0.2, 0.25) is 0 Å². The first-order chi connectivity index (χ1) is 4.98. The standard InChI is InChI=1S/C5H12NO4P/c1-3-10-11(8,9)4-6-5(2)7/h3-4H2,1-2H3,(H,6,7)(H,8,9). The summed E-state index contributed by atoms with van der Waals surface area (Å²) in [6, 6.07) is 0. The molecule has 0 fully saturated rings. The van der Waals surface area contributed by atoms with Crippen molar-refractivity contribution in [2.45, 2.75) is 13.8 Å². The lowest BCUT2D eigenvalue weighted by molar-refractivity contribution is -0.118. The molecule has 0 rings (SSSR count). The Morgan fingerprint density at radius 3 is 2.64 bits per heavy atom. The van der Waals surface area contributed by atoms with Crippen molar-refractivity contribution in [1.29, 1.82) is 0 Å². The Balaban J connectivity index is 3.73. The maximum atomic E-state index is 10.8. The van der Waals surface area contributed by atoms with Crippen molar-refractivity contribution >= 4 is 13.5 Å². The Morgan fingerprint density at radius 2 is 2.27 bits per heavy atom. The number of carbonyl (C=O) groups is 1. The third kappa shape index (κ3) is 6.04. The lowest BCUT2D eigenvalue weighted by Crippen LogP contribution is -2.21. The van der Waals surface area contributed by atoms with Gasteiger partial charge >= 0.3 is 7.60 Å². The molecule has 5 nitrogen and oxygen atoms in total. The van der Waals surface area contributed by atoms with E-state index in [4.69, 9.17) is 4.89 Å². The largest absolute Gasteiger partial charge is 0.347 e. The smallest absolute Gasteiger partial charge is 0.345 e. The van der Waals surface area contributed by atoms with E-state index in [2.05, 4.69) is 9.84 Å². The molecule has 2 N–H and O–H groups in total. The molecule has 66 valence electrons. The van der Waals surface area contributed by atoms with Crippen molar-refractivity contribution in [1.82, 2.24) is 5.32 Å². The minimum atomic E-state index is -3.58. The van der Waals surface area contributed by atoms with E-state index in [9.17, 15) is 9.36 Å². The van der Waals surface area contributed by atoms with Crippen molar-refractivity contribution < 1.29 is 18.8 Å². The first-order valence-electron chi connectivity index (χ1n) is 3.18. The average Bonchev–Trinajstić information content (AvgIpc) is 1.84. The molecule has 1 amide bonds. The second-order valence-electron chi connectivity index (χ2n) is 1.95. The lowest BCUT2D eigenvalue weighted by atomic mass is 10.7. The van der Waals surface area contributed by atoms with Gasteiger partial charge in [0.25, 0.3) is 0 Å². The SMILES string of the molecule is CCOP(=O)(O)CNC(C)=O. The van der Waals surface area contributed by atoms with Crippen molar-refractivity contribution in [3.8, 4) is 0 Å². The van der Waals surface area contributed by atoms with E-state index < -0.39 is 7.60 Å². The molecule has 6 heteroatoms. The van der Waals surface area contributed by atoms with E-state index >= 15 is 0 Å². The quantitative estimate of drug-likeness (QED) is 0.611. The van der Waals surface area contributed by atoms with Gasteiger partial charge in [0.05, 0.1) is 6.61 Å². The van der Waals surface area contributed by atoms with Crippen LogP contribution in [-0.4, -0.2) is 23.7 Å². The van der Waals surface area contributed by atoms with Crippen LogP contribution in [0, 0.1) is 0 Å². The predicted molar refractivity (Wildman–Crippen MR) is 40.1 cm³/mol. The van der Waals surface area contributed by atoms with Gasteiger partial charge < -0.3 is 14.7 Å². The highest BCUT2D eigenvalue weighted by molar-refractivity contribution is 7.52. The Morgan fingerprint density at radius 1 is 1.73 bits per heavy atom. The topological polar surface area (TPSA) is 75.6 Å². The van der Waals surface area contributed by atoms with Crippen LogP contribution in [0.25, 0.3) is 0 Å². The number of carbonyl (C=O) groups excluding carboxylic acids is 1. The fraction of sp³-hybridized carbons (Fsp3) is 0.800. The molecular formula is C5H12NO4P. The summed E-state index contributed by atoms with van der Waals surface area (Å²) in [5.41, 5.74) is 0. The Bertz CT molecular complexity index is 181. The highest BCUT2D eigenvalue weighted by atomic mass is 31.2. The summed E-state index contributed by atoms with van der Waals surface area (Å²) in [6.45, 7) is 3.04. The molecule has 1 atom stereocenters. The Hall–Kier alpha value is -0.380. The van der Waals surface area contributed by atoms with E-state index in [0.717, 1.165) is 0 Å². The summed E-state index contributed by atoms with van der Waals surface area (Å²) in [7, 11) is -3.58. The summed E-state index contributed by atoms with van der Waals surface area (Å²) in [5, 5.41) is 2.19. The Kier molecular flexibility index (Phi) is 4.33. The van der Waals surface area contributed by atoms with Gasteiger partial charge in [-0.05, 0) is 6.92 Å². The predicted octanol–water partition coefficient (Wildman–Crippen LogP) is 0.302. The fourth-order valence-electron chi connectivity index (χ4n) is 0.459. The number of hydrogen-bond donors (Lipinski definition) is 2. The van der Waals surface area contributed by atoms with E-state index in [0.29, 0.717) is 0 Å². The monoisotopic (exact) mass is 181 g/mol. The van der Waals surface area contributed by atoms with Crippen molar-refractivity contribution in [3.05, 3.63) is 0 Å². The molecule has 0 aliphatic carbocycles. The number of hydrogen-bond acceptors (Lipinski definition) is 3. The minimum Gasteiger partial charge on any atom is -0.345 e. The molecule has 0 bridgehead atoms. The number of rotatable bonds is 4. The first-order valence-corrected chi connectivity index (χ1v) is 4.95. The van der Waals surface area contributed by atoms with Gasteiger partial charge in [-0.3, -0.25) is 9.36 Å². The van der Waals surface area contributed by atoms with Crippen LogP contribution in [0.5, 0.6) is 0 Å². The summed E-state index contributed by atoms with van der Waals surface area (Å²) in [6.07, 6.45) is -0.323. The van der Waals surface area contributed by atoms with Crippen molar-refractivity contribution in [3.63, 3.8) is 0 Å². The van der Waals surface area contributed by atoms with Crippen LogP contribution >= 0.6 is 7.60 Å². The zero-order valence-electron chi connectivity index (χ0n) is 6.53. The second-order valence-corrected chi connectivity index (χ2v) is 3.80.